The molecule has 0 spiro atoms. The summed E-state index contributed by atoms with van der Waals surface area (Å²) in [7, 11) is 0. The molecule has 0 unspecified atom stereocenters. The highest BCUT2D eigenvalue weighted by molar-refractivity contribution is 6.12. The molecule has 0 radical (unpaired) electrons. The van der Waals surface area contributed by atoms with Gasteiger partial charge < -0.3 is 19.7 Å². The highest BCUT2D eigenvalue weighted by Gasteiger charge is 2.23. The van der Waals surface area contributed by atoms with E-state index in [1.54, 1.807) is 6.92 Å². The number of rotatable bonds is 9. The molecule has 6 rings (SSSR count). The number of carbonyl (C=O) groups excluding carboxylic acids is 2. The van der Waals surface area contributed by atoms with E-state index in [9.17, 15) is 9.59 Å². The SMILES string of the molecule is CCOC(=O)CCc1cccc(C#CCN2c3ccccc3Oc3ccccc32)c1Nc1ccccc1C(=O)c1ccccc1. The standard InChI is InChI=1S/C39H32N2O4/c1-2-44-37(42)26-25-29-17-12-16-28(38(29)40-32-20-7-6-19-31(32)39(43)30-14-4-3-5-15-30)18-13-27-41-33-21-8-10-23-35(33)45-36-24-11-9-22-34(36)41/h3-12,14-17,19-24,40H,2,25-27H2,1H3. The van der Waals surface area contributed by atoms with Crippen molar-refractivity contribution in [2.75, 3.05) is 23.4 Å². The Bertz CT molecular complexity index is 1860. The van der Waals surface area contributed by atoms with Gasteiger partial charge in [0, 0.05) is 28.8 Å². The number of anilines is 4. The van der Waals surface area contributed by atoms with Gasteiger partial charge >= 0.3 is 5.97 Å². The number of para-hydroxylation sites is 6. The molecule has 45 heavy (non-hydrogen) atoms. The highest BCUT2D eigenvalue weighted by Crippen LogP contribution is 2.45. The molecule has 6 nitrogen and oxygen atoms in total. The van der Waals surface area contributed by atoms with E-state index in [1.807, 2.05) is 121 Å². The van der Waals surface area contributed by atoms with Gasteiger partial charge in [0.2, 0.25) is 0 Å². The van der Waals surface area contributed by atoms with E-state index < -0.39 is 0 Å². The lowest BCUT2D eigenvalue weighted by molar-refractivity contribution is -0.143. The molecular formula is C39H32N2O4. The summed E-state index contributed by atoms with van der Waals surface area (Å²) in [5, 5.41) is 3.53. The Morgan fingerprint density at radius 1 is 0.778 bits per heavy atom. The van der Waals surface area contributed by atoms with Gasteiger partial charge in [-0.3, -0.25) is 9.59 Å². The molecule has 5 aromatic carbocycles. The predicted molar refractivity (Wildman–Crippen MR) is 178 cm³/mol. The van der Waals surface area contributed by atoms with Crippen LogP contribution in [0.3, 0.4) is 0 Å². The molecule has 0 aromatic heterocycles. The summed E-state index contributed by atoms with van der Waals surface area (Å²) in [4.78, 5) is 28.0. The first-order valence-electron chi connectivity index (χ1n) is 15.0. The van der Waals surface area contributed by atoms with E-state index >= 15 is 0 Å². The second-order valence-electron chi connectivity index (χ2n) is 10.4. The van der Waals surface area contributed by atoms with Crippen LogP contribution in [0, 0.1) is 11.8 Å². The molecule has 0 fully saturated rings. The van der Waals surface area contributed by atoms with Crippen molar-refractivity contribution < 1.29 is 19.1 Å². The van der Waals surface area contributed by atoms with E-state index in [4.69, 9.17) is 9.47 Å². The summed E-state index contributed by atoms with van der Waals surface area (Å²) in [6, 6.07) is 38.4. The third-order valence-corrected chi connectivity index (χ3v) is 7.51. The zero-order valence-electron chi connectivity index (χ0n) is 25.0. The van der Waals surface area contributed by atoms with Crippen LogP contribution in [-0.2, 0) is 16.0 Å². The van der Waals surface area contributed by atoms with Crippen LogP contribution in [0.25, 0.3) is 0 Å². The second kappa shape index (κ2) is 13.7. The van der Waals surface area contributed by atoms with Gasteiger partial charge in [-0.15, -0.1) is 0 Å². The molecule has 1 aliphatic heterocycles. The van der Waals surface area contributed by atoms with Crippen LogP contribution in [0.4, 0.5) is 22.7 Å². The molecule has 0 amide bonds. The average molecular weight is 593 g/mol. The largest absolute Gasteiger partial charge is 0.466 e. The number of nitrogens with zero attached hydrogens (tertiary/aromatic N) is 1. The number of ketones is 1. The first-order valence-corrected chi connectivity index (χ1v) is 15.0. The van der Waals surface area contributed by atoms with Gasteiger partial charge in [0.15, 0.2) is 17.3 Å². The molecule has 222 valence electrons. The summed E-state index contributed by atoms with van der Waals surface area (Å²) in [6.07, 6.45) is 0.682. The Kier molecular flexibility index (Phi) is 8.89. The van der Waals surface area contributed by atoms with Gasteiger partial charge in [-0.1, -0.05) is 90.7 Å². The molecular weight excluding hydrogens is 560 g/mol. The maximum Gasteiger partial charge on any atom is 0.306 e. The Hall–Kier alpha value is -5.80. The molecule has 6 heteroatoms. The Labute approximate surface area is 263 Å². The fourth-order valence-electron chi connectivity index (χ4n) is 5.37. The Morgan fingerprint density at radius 3 is 2.18 bits per heavy atom. The number of fused-ring (bicyclic) bond motifs is 2. The average Bonchev–Trinajstić information content (AvgIpc) is 3.08. The minimum Gasteiger partial charge on any atom is -0.466 e. The van der Waals surface area contributed by atoms with Crippen LogP contribution in [0.15, 0.2) is 121 Å². The van der Waals surface area contributed by atoms with Crippen molar-refractivity contribution in [3.05, 3.63) is 144 Å². The van der Waals surface area contributed by atoms with Crippen molar-refractivity contribution in [3.8, 4) is 23.3 Å². The molecule has 0 saturated carbocycles. The Morgan fingerprint density at radius 2 is 1.44 bits per heavy atom. The van der Waals surface area contributed by atoms with Gasteiger partial charge in [0.1, 0.15) is 0 Å². The van der Waals surface area contributed by atoms with E-state index in [0.29, 0.717) is 36.4 Å². The van der Waals surface area contributed by atoms with E-state index in [2.05, 4.69) is 22.1 Å². The van der Waals surface area contributed by atoms with Crippen molar-refractivity contribution in [2.24, 2.45) is 0 Å². The summed E-state index contributed by atoms with van der Waals surface area (Å²) < 4.78 is 11.3. The topological polar surface area (TPSA) is 67.9 Å². The maximum absolute atomic E-state index is 13.5. The number of ether oxygens (including phenoxy) is 2. The third-order valence-electron chi connectivity index (χ3n) is 7.51. The molecule has 0 bridgehead atoms. The van der Waals surface area contributed by atoms with Crippen molar-refractivity contribution in [1.29, 1.82) is 0 Å². The van der Waals surface area contributed by atoms with Crippen molar-refractivity contribution in [1.82, 2.24) is 0 Å². The quantitative estimate of drug-likeness (QED) is 0.105. The van der Waals surface area contributed by atoms with Gasteiger partial charge in [0.05, 0.1) is 30.2 Å². The first-order chi connectivity index (χ1) is 22.1. The second-order valence-corrected chi connectivity index (χ2v) is 10.4. The summed E-state index contributed by atoms with van der Waals surface area (Å²) in [5.74, 6) is 7.97. The molecule has 0 saturated heterocycles. The lowest BCUT2D eigenvalue weighted by atomic mass is 9.99. The van der Waals surface area contributed by atoms with Gasteiger partial charge in [-0.2, -0.15) is 0 Å². The molecule has 0 atom stereocenters. The number of hydrogen-bond acceptors (Lipinski definition) is 6. The minimum atomic E-state index is -0.260. The first kappa shape index (κ1) is 29.3. The summed E-state index contributed by atoms with van der Waals surface area (Å²) in [5.41, 5.74) is 6.12. The normalized spacial score (nSPS) is 11.3. The molecule has 1 N–H and O–H groups in total. The fraction of sp³-hybridized carbons (Fsp3) is 0.128. The number of aryl methyl sites for hydroxylation is 1. The number of hydrogen-bond donors (Lipinski definition) is 1. The zero-order valence-corrected chi connectivity index (χ0v) is 25.0. The fourth-order valence-corrected chi connectivity index (χ4v) is 5.37. The number of nitrogens with one attached hydrogen (secondary N) is 1. The number of benzene rings is 5. The molecule has 1 aliphatic rings. The van der Waals surface area contributed by atoms with Crippen molar-refractivity contribution in [2.45, 2.75) is 19.8 Å². The number of carbonyl (C=O) groups is 2. The molecule has 5 aromatic rings. The number of esters is 1. The molecule has 1 heterocycles. The maximum atomic E-state index is 13.5. The zero-order chi connectivity index (χ0) is 31.0. The van der Waals surface area contributed by atoms with Crippen LogP contribution in [-0.4, -0.2) is 24.9 Å². The van der Waals surface area contributed by atoms with Crippen molar-refractivity contribution >= 4 is 34.5 Å². The van der Waals surface area contributed by atoms with Crippen LogP contribution in [0.5, 0.6) is 11.5 Å². The van der Waals surface area contributed by atoms with E-state index in [0.717, 1.165) is 39.7 Å². The highest BCUT2D eigenvalue weighted by atomic mass is 16.5. The van der Waals surface area contributed by atoms with E-state index in [1.165, 1.54) is 0 Å². The summed E-state index contributed by atoms with van der Waals surface area (Å²) in [6.45, 7) is 2.55. The van der Waals surface area contributed by atoms with Crippen LogP contribution >= 0.6 is 0 Å². The minimum absolute atomic E-state index is 0.0833. The Balaban J connectivity index is 1.36. The van der Waals surface area contributed by atoms with Crippen molar-refractivity contribution in [3.63, 3.8) is 0 Å². The van der Waals surface area contributed by atoms with Gasteiger partial charge in [-0.25, -0.2) is 0 Å². The summed E-state index contributed by atoms with van der Waals surface area (Å²) >= 11 is 0. The van der Waals surface area contributed by atoms with Crippen LogP contribution in [0.2, 0.25) is 0 Å². The lowest BCUT2D eigenvalue weighted by Crippen LogP contribution is -2.21. The smallest absolute Gasteiger partial charge is 0.306 e. The van der Waals surface area contributed by atoms with Crippen LogP contribution in [0.1, 0.15) is 40.4 Å². The lowest BCUT2D eigenvalue weighted by Gasteiger charge is -2.31. The predicted octanol–water partition coefficient (Wildman–Crippen LogP) is 8.45. The third kappa shape index (κ3) is 6.58. The van der Waals surface area contributed by atoms with Crippen LogP contribution < -0.4 is 15.0 Å². The van der Waals surface area contributed by atoms with Gasteiger partial charge in [0.25, 0.3) is 0 Å². The van der Waals surface area contributed by atoms with E-state index in [-0.39, 0.29) is 18.2 Å². The molecule has 0 aliphatic carbocycles. The monoisotopic (exact) mass is 592 g/mol. The van der Waals surface area contributed by atoms with Gasteiger partial charge in [-0.05, 0) is 61.4 Å².